The third-order valence-electron chi connectivity index (χ3n) is 4.47. The molecule has 2 N–H and O–H groups in total. The number of allylic oxidation sites excluding steroid dienone is 1. The fourth-order valence-electron chi connectivity index (χ4n) is 2.96. The van der Waals surface area contributed by atoms with Crippen LogP contribution in [0.2, 0.25) is 0 Å². The number of carbonyl (C=O) groups excluding carboxylic acids is 3. The minimum Gasteiger partial charge on any atom is -0.463 e. The summed E-state index contributed by atoms with van der Waals surface area (Å²) in [6, 6.07) is 9.07. The second kappa shape index (κ2) is 7.99. The molecule has 0 saturated carbocycles. The molecule has 0 bridgehead atoms. The maximum atomic E-state index is 12.5. The molecule has 28 heavy (non-hydrogen) atoms. The number of benzene rings is 1. The number of esters is 1. The van der Waals surface area contributed by atoms with Gasteiger partial charge in [-0.15, -0.1) is 0 Å². The van der Waals surface area contributed by atoms with Gasteiger partial charge in [-0.05, 0) is 43.7 Å². The van der Waals surface area contributed by atoms with Gasteiger partial charge in [-0.1, -0.05) is 12.1 Å². The lowest BCUT2D eigenvalue weighted by Gasteiger charge is -2.33. The summed E-state index contributed by atoms with van der Waals surface area (Å²) in [5, 5.41) is 5.54. The van der Waals surface area contributed by atoms with Crippen LogP contribution in [0.1, 0.15) is 36.0 Å². The molecular weight excluding hydrogens is 362 g/mol. The van der Waals surface area contributed by atoms with Gasteiger partial charge in [0.25, 0.3) is 5.91 Å². The first-order valence-electron chi connectivity index (χ1n) is 8.79. The zero-order valence-corrected chi connectivity index (χ0v) is 15.8. The molecule has 8 heteroatoms. The van der Waals surface area contributed by atoms with Gasteiger partial charge in [-0.25, -0.2) is 9.59 Å². The van der Waals surface area contributed by atoms with E-state index in [1.807, 2.05) is 0 Å². The Hall–Kier alpha value is -3.55. The first-order valence-corrected chi connectivity index (χ1v) is 8.79. The average Bonchev–Trinajstić information content (AvgIpc) is 3.21. The SMILES string of the molecule is CCOC(=O)C1=C(C)N(C)C(=O)N[C@H]1c1cccc(NC(=O)c2ccco2)c1. The van der Waals surface area contributed by atoms with Crippen molar-refractivity contribution in [2.75, 3.05) is 19.0 Å². The Bertz CT molecular complexity index is 933. The number of nitrogens with one attached hydrogen (secondary N) is 2. The maximum absolute atomic E-state index is 12.5. The van der Waals surface area contributed by atoms with Crippen molar-refractivity contribution in [1.29, 1.82) is 0 Å². The van der Waals surface area contributed by atoms with Crippen LogP contribution in [0.15, 0.2) is 58.3 Å². The van der Waals surface area contributed by atoms with Gasteiger partial charge < -0.3 is 24.7 Å². The molecule has 146 valence electrons. The third-order valence-corrected chi connectivity index (χ3v) is 4.47. The van der Waals surface area contributed by atoms with Crippen LogP contribution < -0.4 is 10.6 Å². The smallest absolute Gasteiger partial charge is 0.338 e. The molecule has 0 aliphatic carbocycles. The van der Waals surface area contributed by atoms with Crippen molar-refractivity contribution < 1.29 is 23.5 Å². The molecule has 2 heterocycles. The van der Waals surface area contributed by atoms with Gasteiger partial charge in [0.15, 0.2) is 5.76 Å². The highest BCUT2D eigenvalue weighted by Crippen LogP contribution is 2.31. The summed E-state index contributed by atoms with van der Waals surface area (Å²) >= 11 is 0. The molecule has 1 aromatic heterocycles. The van der Waals surface area contributed by atoms with Crippen LogP contribution in [-0.2, 0) is 9.53 Å². The molecule has 0 fully saturated rings. The van der Waals surface area contributed by atoms with E-state index in [0.29, 0.717) is 22.5 Å². The Morgan fingerprint density at radius 1 is 1.29 bits per heavy atom. The van der Waals surface area contributed by atoms with Crippen molar-refractivity contribution in [2.24, 2.45) is 0 Å². The number of rotatable bonds is 5. The first kappa shape index (κ1) is 19.2. The van der Waals surface area contributed by atoms with Crippen LogP contribution >= 0.6 is 0 Å². The summed E-state index contributed by atoms with van der Waals surface area (Å²) in [5.41, 5.74) is 2.00. The lowest BCUT2D eigenvalue weighted by Crippen LogP contribution is -2.46. The molecule has 1 aromatic carbocycles. The van der Waals surface area contributed by atoms with Gasteiger partial charge >= 0.3 is 12.0 Å². The van der Waals surface area contributed by atoms with Crippen LogP contribution in [0.3, 0.4) is 0 Å². The summed E-state index contributed by atoms with van der Waals surface area (Å²) in [5.74, 6) is -0.713. The van der Waals surface area contributed by atoms with Gasteiger partial charge in [0.05, 0.1) is 24.5 Å². The van der Waals surface area contributed by atoms with E-state index in [9.17, 15) is 14.4 Å². The van der Waals surface area contributed by atoms with Crippen LogP contribution in [0.5, 0.6) is 0 Å². The monoisotopic (exact) mass is 383 g/mol. The molecule has 0 spiro atoms. The number of hydrogen-bond acceptors (Lipinski definition) is 5. The highest BCUT2D eigenvalue weighted by Gasteiger charge is 2.35. The number of ether oxygens (including phenoxy) is 1. The second-order valence-corrected chi connectivity index (χ2v) is 6.22. The minimum absolute atomic E-state index is 0.181. The Morgan fingerprint density at radius 2 is 2.07 bits per heavy atom. The van der Waals surface area contributed by atoms with Gasteiger partial charge in [-0.2, -0.15) is 0 Å². The van der Waals surface area contributed by atoms with Gasteiger partial charge in [0.2, 0.25) is 0 Å². The number of anilines is 1. The summed E-state index contributed by atoms with van der Waals surface area (Å²) in [7, 11) is 1.58. The molecule has 1 aliphatic heterocycles. The fraction of sp³-hybridized carbons (Fsp3) is 0.250. The molecular formula is C20H21N3O5. The van der Waals surface area contributed by atoms with E-state index in [2.05, 4.69) is 10.6 Å². The highest BCUT2D eigenvalue weighted by molar-refractivity contribution is 6.02. The number of furan rings is 1. The van der Waals surface area contributed by atoms with Crippen molar-refractivity contribution >= 4 is 23.6 Å². The van der Waals surface area contributed by atoms with E-state index >= 15 is 0 Å². The number of carbonyl (C=O) groups is 3. The lowest BCUT2D eigenvalue weighted by atomic mass is 9.94. The predicted octanol–water partition coefficient (Wildman–Crippen LogP) is 3.07. The van der Waals surface area contributed by atoms with Crippen LogP contribution in [0, 0.1) is 0 Å². The summed E-state index contributed by atoms with van der Waals surface area (Å²) in [6.07, 6.45) is 1.42. The molecule has 1 aliphatic rings. The summed E-state index contributed by atoms with van der Waals surface area (Å²) in [6.45, 7) is 3.64. The van der Waals surface area contributed by atoms with Gasteiger partial charge in [0, 0.05) is 18.4 Å². The standard InChI is InChI=1S/C20H21N3O5/c1-4-27-19(25)16-12(2)23(3)20(26)22-17(16)13-7-5-8-14(11-13)21-18(24)15-9-6-10-28-15/h5-11,17H,4H2,1-3H3,(H,21,24)(H,22,26)/t17-/m0/s1. The van der Waals surface area contributed by atoms with E-state index < -0.39 is 17.9 Å². The molecule has 3 rings (SSSR count). The number of hydrogen-bond donors (Lipinski definition) is 2. The highest BCUT2D eigenvalue weighted by atomic mass is 16.5. The Balaban J connectivity index is 1.93. The molecule has 1 atom stereocenters. The Labute approximate surface area is 162 Å². The molecule has 2 aromatic rings. The summed E-state index contributed by atoms with van der Waals surface area (Å²) < 4.78 is 10.3. The number of nitrogens with zero attached hydrogens (tertiary/aromatic N) is 1. The normalized spacial score (nSPS) is 16.6. The second-order valence-electron chi connectivity index (χ2n) is 6.22. The molecule has 0 unspecified atom stereocenters. The fourth-order valence-corrected chi connectivity index (χ4v) is 2.96. The van der Waals surface area contributed by atoms with Crippen molar-refractivity contribution in [3.8, 4) is 0 Å². The topological polar surface area (TPSA) is 101 Å². The van der Waals surface area contributed by atoms with Crippen molar-refractivity contribution in [3.05, 3.63) is 65.3 Å². The van der Waals surface area contributed by atoms with E-state index in [0.717, 1.165) is 0 Å². The zero-order valence-electron chi connectivity index (χ0n) is 15.8. The zero-order chi connectivity index (χ0) is 20.3. The molecule has 8 nitrogen and oxygen atoms in total. The van der Waals surface area contributed by atoms with Crippen LogP contribution in [0.25, 0.3) is 0 Å². The van der Waals surface area contributed by atoms with Crippen molar-refractivity contribution in [1.82, 2.24) is 10.2 Å². The Morgan fingerprint density at radius 3 is 2.75 bits per heavy atom. The van der Waals surface area contributed by atoms with Crippen molar-refractivity contribution in [2.45, 2.75) is 19.9 Å². The first-order chi connectivity index (χ1) is 13.4. The third kappa shape index (κ3) is 3.75. The van der Waals surface area contributed by atoms with Crippen LogP contribution in [-0.4, -0.2) is 36.5 Å². The average molecular weight is 383 g/mol. The van der Waals surface area contributed by atoms with Crippen molar-refractivity contribution in [3.63, 3.8) is 0 Å². The molecule has 0 saturated heterocycles. The maximum Gasteiger partial charge on any atom is 0.338 e. The summed E-state index contributed by atoms with van der Waals surface area (Å²) in [4.78, 5) is 38.4. The molecule has 3 amide bonds. The largest absolute Gasteiger partial charge is 0.463 e. The predicted molar refractivity (Wildman–Crippen MR) is 101 cm³/mol. The lowest BCUT2D eigenvalue weighted by molar-refractivity contribution is -0.139. The van der Waals surface area contributed by atoms with E-state index in [-0.39, 0.29) is 18.4 Å². The van der Waals surface area contributed by atoms with Gasteiger partial charge in [0.1, 0.15) is 0 Å². The van der Waals surface area contributed by atoms with E-state index in [1.165, 1.54) is 11.2 Å². The number of urea groups is 1. The molecule has 0 radical (unpaired) electrons. The van der Waals surface area contributed by atoms with Gasteiger partial charge in [-0.3, -0.25) is 4.79 Å². The van der Waals surface area contributed by atoms with E-state index in [1.54, 1.807) is 57.3 Å². The Kier molecular flexibility index (Phi) is 5.49. The number of amides is 3. The van der Waals surface area contributed by atoms with E-state index in [4.69, 9.17) is 9.15 Å². The van der Waals surface area contributed by atoms with Crippen LogP contribution in [0.4, 0.5) is 10.5 Å². The minimum atomic E-state index is -0.691. The quantitative estimate of drug-likeness (QED) is 0.773.